The van der Waals surface area contributed by atoms with E-state index in [4.69, 9.17) is 16.3 Å². The molecular formula is C11H15ClN2O4S. The summed E-state index contributed by atoms with van der Waals surface area (Å²) in [4.78, 5) is 19.6. The molecule has 1 rings (SSSR count). The molecule has 0 aliphatic carbocycles. The van der Waals surface area contributed by atoms with Crippen molar-refractivity contribution in [3.8, 4) is 0 Å². The number of hydrogen-bond acceptors (Lipinski definition) is 6. The number of aromatic nitrogens is 2. The van der Waals surface area contributed by atoms with Gasteiger partial charge in [-0.2, -0.15) is 0 Å². The summed E-state index contributed by atoms with van der Waals surface area (Å²) in [5.41, 5.74) is 0.418. The molecule has 0 amide bonds. The third kappa shape index (κ3) is 3.87. The van der Waals surface area contributed by atoms with Crippen LogP contribution < -0.4 is 0 Å². The van der Waals surface area contributed by atoms with Gasteiger partial charge in [0, 0.05) is 12.5 Å². The number of carbonyl (C=O) groups excluding carboxylic acids is 1. The quantitative estimate of drug-likeness (QED) is 0.605. The molecule has 1 aromatic heterocycles. The summed E-state index contributed by atoms with van der Waals surface area (Å²) in [6, 6.07) is 0. The highest BCUT2D eigenvalue weighted by atomic mass is 35.5. The molecule has 106 valence electrons. The maximum absolute atomic E-state index is 11.6. The molecule has 0 bridgehead atoms. The van der Waals surface area contributed by atoms with E-state index in [9.17, 15) is 13.2 Å². The van der Waals surface area contributed by atoms with E-state index in [-0.39, 0.29) is 29.6 Å². The number of sulfone groups is 1. The van der Waals surface area contributed by atoms with Crippen molar-refractivity contribution >= 4 is 27.4 Å². The highest BCUT2D eigenvalue weighted by Gasteiger charge is 2.23. The smallest absolute Gasteiger partial charge is 0.341 e. The molecule has 19 heavy (non-hydrogen) atoms. The molecule has 0 saturated heterocycles. The molecule has 0 fully saturated rings. The topological polar surface area (TPSA) is 86.2 Å². The van der Waals surface area contributed by atoms with Gasteiger partial charge < -0.3 is 4.74 Å². The zero-order valence-electron chi connectivity index (χ0n) is 10.9. The number of esters is 1. The minimum Gasteiger partial charge on any atom is -0.462 e. The second-order valence-corrected chi connectivity index (χ2v) is 6.55. The predicted molar refractivity (Wildman–Crippen MR) is 70.8 cm³/mol. The molecule has 8 heteroatoms. The number of alkyl halides is 1. The van der Waals surface area contributed by atoms with Crippen molar-refractivity contribution in [1.82, 2.24) is 9.97 Å². The fourth-order valence-corrected chi connectivity index (χ4v) is 2.00. The second-order valence-electron chi connectivity index (χ2n) is 3.91. The van der Waals surface area contributed by atoms with Gasteiger partial charge in [-0.05, 0) is 13.8 Å². The predicted octanol–water partition coefficient (Wildman–Crippen LogP) is 1.50. The first-order valence-corrected chi connectivity index (χ1v) is 8.07. The molecule has 1 aromatic rings. The number of hydrogen-bond donors (Lipinski definition) is 0. The zero-order valence-corrected chi connectivity index (χ0v) is 12.5. The van der Waals surface area contributed by atoms with Gasteiger partial charge in [0.25, 0.3) is 0 Å². The monoisotopic (exact) mass is 306 g/mol. The summed E-state index contributed by atoms with van der Waals surface area (Å²) in [7, 11) is -3.31. The Kier molecular flexibility index (Phi) is 5.25. The third-order valence-corrected chi connectivity index (χ3v) is 4.26. The fourth-order valence-electron chi connectivity index (χ4n) is 1.30. The molecule has 1 atom stereocenters. The second kappa shape index (κ2) is 6.29. The molecule has 0 aliphatic rings. The summed E-state index contributed by atoms with van der Waals surface area (Å²) in [5.74, 6) is -0.483. The van der Waals surface area contributed by atoms with E-state index < -0.39 is 21.1 Å². The molecule has 0 N–H and O–H groups in total. The number of ether oxygens (including phenoxy) is 1. The van der Waals surface area contributed by atoms with E-state index in [1.807, 2.05) is 0 Å². The molecule has 0 aliphatic heterocycles. The van der Waals surface area contributed by atoms with Gasteiger partial charge in [-0.25, -0.2) is 23.2 Å². The van der Waals surface area contributed by atoms with Gasteiger partial charge in [0.15, 0.2) is 9.84 Å². The Bertz CT molecular complexity index is 574. The van der Waals surface area contributed by atoms with E-state index >= 15 is 0 Å². The van der Waals surface area contributed by atoms with Gasteiger partial charge in [0.2, 0.25) is 0 Å². The van der Waals surface area contributed by atoms with Crippen LogP contribution in [0.15, 0.2) is 6.20 Å². The van der Waals surface area contributed by atoms with Gasteiger partial charge in [0.1, 0.15) is 16.6 Å². The lowest BCUT2D eigenvalue weighted by molar-refractivity contribution is 0.0524. The van der Waals surface area contributed by atoms with Gasteiger partial charge in [-0.3, -0.25) is 0 Å². The highest BCUT2D eigenvalue weighted by molar-refractivity contribution is 7.90. The largest absolute Gasteiger partial charge is 0.462 e. The Morgan fingerprint density at radius 3 is 2.63 bits per heavy atom. The van der Waals surface area contributed by atoms with Crippen molar-refractivity contribution < 1.29 is 17.9 Å². The normalized spacial score (nSPS) is 13.1. The first-order valence-electron chi connectivity index (χ1n) is 5.59. The first kappa shape index (κ1) is 15.8. The molecular weight excluding hydrogens is 292 g/mol. The van der Waals surface area contributed by atoms with E-state index in [2.05, 4.69) is 9.97 Å². The number of nitrogens with zero attached hydrogens (tertiary/aromatic N) is 2. The van der Waals surface area contributed by atoms with Crippen LogP contribution in [-0.4, -0.2) is 37.2 Å². The molecule has 1 unspecified atom stereocenters. The van der Waals surface area contributed by atoms with E-state index in [0.717, 1.165) is 6.26 Å². The summed E-state index contributed by atoms with van der Waals surface area (Å²) >= 11 is 5.72. The van der Waals surface area contributed by atoms with E-state index in [1.165, 1.54) is 13.1 Å². The lowest BCUT2D eigenvalue weighted by Gasteiger charge is -2.11. The minimum absolute atomic E-state index is 0.0276. The van der Waals surface area contributed by atoms with Crippen molar-refractivity contribution in [2.24, 2.45) is 0 Å². The van der Waals surface area contributed by atoms with Crippen LogP contribution in [0.3, 0.4) is 0 Å². The zero-order chi connectivity index (χ0) is 14.6. The molecule has 0 aromatic carbocycles. The number of carbonyl (C=O) groups is 1. The average Bonchev–Trinajstić information content (AvgIpc) is 2.36. The molecule has 0 radical (unpaired) electrons. The first-order chi connectivity index (χ1) is 8.81. The Hall–Kier alpha value is -1.21. The van der Waals surface area contributed by atoms with Crippen LogP contribution >= 0.6 is 11.6 Å². The molecule has 0 spiro atoms. The summed E-state index contributed by atoms with van der Waals surface area (Å²) in [6.45, 7) is 3.38. The lowest BCUT2D eigenvalue weighted by Crippen LogP contribution is -2.16. The van der Waals surface area contributed by atoms with Crippen molar-refractivity contribution in [3.63, 3.8) is 0 Å². The SMILES string of the molecule is CCOC(=O)c1cnc(C(C)S(C)(=O)=O)nc1CCl. The lowest BCUT2D eigenvalue weighted by atomic mass is 10.2. The fraction of sp³-hybridized carbons (Fsp3) is 0.545. The van der Waals surface area contributed by atoms with Gasteiger partial charge in [-0.15, -0.1) is 11.6 Å². The molecule has 6 nitrogen and oxygen atoms in total. The van der Waals surface area contributed by atoms with Crippen molar-refractivity contribution in [3.05, 3.63) is 23.3 Å². The van der Waals surface area contributed by atoms with Crippen molar-refractivity contribution in [2.45, 2.75) is 25.0 Å². The van der Waals surface area contributed by atoms with Crippen LogP contribution in [0.1, 0.15) is 41.0 Å². The van der Waals surface area contributed by atoms with E-state index in [0.29, 0.717) is 0 Å². The molecule has 1 heterocycles. The maximum atomic E-state index is 11.6. The Labute approximate surface area is 117 Å². The van der Waals surface area contributed by atoms with Gasteiger partial charge in [-0.1, -0.05) is 0 Å². The van der Waals surface area contributed by atoms with Crippen LogP contribution in [0.2, 0.25) is 0 Å². The Balaban J connectivity index is 3.20. The Morgan fingerprint density at radius 1 is 1.53 bits per heavy atom. The third-order valence-electron chi connectivity index (χ3n) is 2.51. The van der Waals surface area contributed by atoms with Gasteiger partial charge in [0.05, 0.1) is 18.2 Å². The van der Waals surface area contributed by atoms with Crippen molar-refractivity contribution in [1.29, 1.82) is 0 Å². The average molecular weight is 307 g/mol. The summed E-state index contributed by atoms with van der Waals surface area (Å²) < 4.78 is 27.7. The maximum Gasteiger partial charge on any atom is 0.341 e. The summed E-state index contributed by atoms with van der Waals surface area (Å²) in [6.07, 6.45) is 2.35. The number of halogens is 1. The van der Waals surface area contributed by atoms with Crippen LogP contribution in [-0.2, 0) is 20.5 Å². The highest BCUT2D eigenvalue weighted by Crippen LogP contribution is 2.19. The number of rotatable bonds is 5. The minimum atomic E-state index is -3.31. The van der Waals surface area contributed by atoms with E-state index in [1.54, 1.807) is 6.92 Å². The standard InChI is InChI=1S/C11H15ClN2O4S/c1-4-18-11(15)8-6-13-10(14-9(8)5-12)7(2)19(3,16)17/h6-7H,4-5H2,1-3H3. The Morgan fingerprint density at radius 2 is 2.16 bits per heavy atom. The summed E-state index contributed by atoms with van der Waals surface area (Å²) in [5, 5.41) is -0.856. The van der Waals surface area contributed by atoms with Crippen molar-refractivity contribution in [2.75, 3.05) is 12.9 Å². The van der Waals surface area contributed by atoms with Crippen LogP contribution in [0.4, 0.5) is 0 Å². The molecule has 0 saturated carbocycles. The van der Waals surface area contributed by atoms with Crippen LogP contribution in [0.5, 0.6) is 0 Å². The van der Waals surface area contributed by atoms with Crippen LogP contribution in [0.25, 0.3) is 0 Å². The van der Waals surface area contributed by atoms with Gasteiger partial charge >= 0.3 is 5.97 Å². The van der Waals surface area contributed by atoms with Crippen LogP contribution in [0, 0.1) is 0 Å².